The van der Waals surface area contributed by atoms with Crippen molar-refractivity contribution in [3.8, 4) is 0 Å². The summed E-state index contributed by atoms with van der Waals surface area (Å²) in [6.07, 6.45) is 5.55. The summed E-state index contributed by atoms with van der Waals surface area (Å²) >= 11 is 0. The molecule has 9 nitrogen and oxygen atoms in total. The Hall–Kier alpha value is -3.31. The van der Waals surface area contributed by atoms with Crippen molar-refractivity contribution in [2.24, 2.45) is 7.05 Å². The van der Waals surface area contributed by atoms with Gasteiger partial charge in [0.2, 0.25) is 11.9 Å². The highest BCUT2D eigenvalue weighted by molar-refractivity contribution is 5.39. The average Bonchev–Trinajstić information content (AvgIpc) is 3.12. The lowest BCUT2D eigenvalue weighted by Crippen LogP contribution is -2.40. The summed E-state index contributed by atoms with van der Waals surface area (Å²) in [6.45, 7) is 2.09. The van der Waals surface area contributed by atoms with Gasteiger partial charge in [0.05, 0.1) is 36.9 Å². The summed E-state index contributed by atoms with van der Waals surface area (Å²) in [7, 11) is 1.86. The Morgan fingerprint density at radius 1 is 1.10 bits per heavy atom. The van der Waals surface area contributed by atoms with E-state index in [0.717, 1.165) is 18.1 Å². The van der Waals surface area contributed by atoms with Crippen molar-refractivity contribution in [2.75, 3.05) is 23.3 Å². The van der Waals surface area contributed by atoms with Crippen molar-refractivity contribution < 1.29 is 13.2 Å². The van der Waals surface area contributed by atoms with Gasteiger partial charge in [0, 0.05) is 39.2 Å². The number of piperidine rings is 1. The Morgan fingerprint density at radius 2 is 1.81 bits per heavy atom. The molecule has 164 valence electrons. The largest absolute Gasteiger partial charge is 0.344 e. The van der Waals surface area contributed by atoms with Crippen LogP contribution in [0, 0.1) is 5.82 Å². The lowest BCUT2D eigenvalue weighted by atomic mass is 10.1. The number of hydrogen-bond donors (Lipinski definition) is 1. The molecule has 0 aliphatic carbocycles. The van der Waals surface area contributed by atoms with Crippen molar-refractivity contribution in [3.63, 3.8) is 0 Å². The van der Waals surface area contributed by atoms with Crippen LogP contribution in [0.15, 0.2) is 24.9 Å². The molecular weight excluding hydrogens is 411 g/mol. The predicted molar refractivity (Wildman–Crippen MR) is 106 cm³/mol. The number of hydrogen-bond acceptors (Lipinski definition) is 8. The third-order valence-electron chi connectivity index (χ3n) is 4.92. The van der Waals surface area contributed by atoms with E-state index < -0.39 is 17.8 Å². The zero-order valence-corrected chi connectivity index (χ0v) is 17.1. The van der Waals surface area contributed by atoms with Gasteiger partial charge < -0.3 is 14.8 Å². The van der Waals surface area contributed by atoms with Crippen LogP contribution in [0.4, 0.5) is 25.1 Å². The fourth-order valence-electron chi connectivity index (χ4n) is 3.25. The average molecular weight is 433 g/mol. The first-order valence-electron chi connectivity index (χ1n) is 9.86. The van der Waals surface area contributed by atoms with E-state index in [9.17, 15) is 13.2 Å². The second kappa shape index (κ2) is 8.44. The highest BCUT2D eigenvalue weighted by Gasteiger charge is 2.35. The molecule has 3 aromatic heterocycles. The van der Waals surface area contributed by atoms with E-state index in [-0.39, 0.29) is 31.9 Å². The minimum absolute atomic E-state index is 0.149. The van der Waals surface area contributed by atoms with E-state index >= 15 is 0 Å². The van der Waals surface area contributed by atoms with Crippen molar-refractivity contribution in [2.45, 2.75) is 38.2 Å². The molecule has 0 unspecified atom stereocenters. The highest BCUT2D eigenvalue weighted by atomic mass is 19.3. The highest BCUT2D eigenvalue weighted by Crippen LogP contribution is 2.29. The molecule has 1 aliphatic heterocycles. The number of imidazole rings is 1. The Morgan fingerprint density at radius 3 is 2.45 bits per heavy atom. The number of aryl methyl sites for hydroxylation is 1. The van der Waals surface area contributed by atoms with Crippen LogP contribution in [0.25, 0.3) is 0 Å². The van der Waals surface area contributed by atoms with Crippen LogP contribution in [-0.2, 0) is 13.5 Å². The third kappa shape index (κ3) is 5.25. The lowest BCUT2D eigenvalue weighted by molar-refractivity contribution is -0.0222. The topological polar surface area (TPSA) is 97.5 Å². The summed E-state index contributed by atoms with van der Waals surface area (Å²) in [5.41, 5.74) is 0.769. The molecule has 1 N–H and O–H groups in total. The van der Waals surface area contributed by atoms with E-state index in [1.165, 1.54) is 0 Å². The van der Waals surface area contributed by atoms with Gasteiger partial charge in [0.25, 0.3) is 5.92 Å². The fourth-order valence-corrected chi connectivity index (χ4v) is 3.25. The summed E-state index contributed by atoms with van der Waals surface area (Å²) in [5.74, 6) is -1.80. The van der Waals surface area contributed by atoms with Crippen LogP contribution in [0.1, 0.15) is 43.1 Å². The molecule has 0 amide bonds. The summed E-state index contributed by atoms with van der Waals surface area (Å²) < 4.78 is 42.1. The SMILES string of the molecule is C[C@H](Nc1nc(Cc2cn(C)cn2)nc(N2CCC(F)(F)CC2)n1)c1ncc(F)cn1. The molecule has 0 aromatic carbocycles. The molecular formula is C19H22F3N9. The van der Waals surface area contributed by atoms with E-state index in [2.05, 4.69) is 35.2 Å². The molecule has 1 saturated heterocycles. The van der Waals surface area contributed by atoms with Crippen molar-refractivity contribution in [3.05, 3.63) is 48.1 Å². The van der Waals surface area contributed by atoms with Crippen LogP contribution in [0.5, 0.6) is 0 Å². The maximum Gasteiger partial charge on any atom is 0.251 e. The normalized spacial score (nSPS) is 16.9. The first-order valence-corrected chi connectivity index (χ1v) is 9.86. The molecule has 12 heteroatoms. The molecule has 0 spiro atoms. The number of halogens is 3. The van der Waals surface area contributed by atoms with E-state index in [1.807, 2.05) is 17.8 Å². The van der Waals surface area contributed by atoms with Crippen LogP contribution in [0.3, 0.4) is 0 Å². The van der Waals surface area contributed by atoms with E-state index in [1.54, 1.807) is 18.2 Å². The maximum atomic E-state index is 13.6. The van der Waals surface area contributed by atoms with Gasteiger partial charge in [-0.25, -0.2) is 28.1 Å². The third-order valence-corrected chi connectivity index (χ3v) is 4.92. The maximum absolute atomic E-state index is 13.6. The number of nitrogens with zero attached hydrogens (tertiary/aromatic N) is 8. The number of aromatic nitrogens is 7. The van der Waals surface area contributed by atoms with Crippen LogP contribution < -0.4 is 10.2 Å². The molecule has 4 rings (SSSR count). The second-order valence-electron chi connectivity index (χ2n) is 7.55. The van der Waals surface area contributed by atoms with Gasteiger partial charge in [0.1, 0.15) is 11.6 Å². The number of alkyl halides is 2. The number of rotatable bonds is 6. The first-order chi connectivity index (χ1) is 14.8. The summed E-state index contributed by atoms with van der Waals surface area (Å²) in [4.78, 5) is 27.3. The minimum Gasteiger partial charge on any atom is -0.344 e. The monoisotopic (exact) mass is 433 g/mol. The zero-order valence-electron chi connectivity index (χ0n) is 17.1. The number of anilines is 2. The molecule has 1 fully saturated rings. The Bertz CT molecular complexity index is 1030. The molecule has 1 aliphatic rings. The van der Waals surface area contributed by atoms with Gasteiger partial charge in [-0.3, -0.25) is 0 Å². The molecule has 1 atom stereocenters. The van der Waals surface area contributed by atoms with Crippen LogP contribution in [0.2, 0.25) is 0 Å². The molecule has 0 saturated carbocycles. The second-order valence-corrected chi connectivity index (χ2v) is 7.55. The van der Waals surface area contributed by atoms with Gasteiger partial charge in [-0.05, 0) is 6.92 Å². The Balaban J connectivity index is 1.59. The minimum atomic E-state index is -2.67. The van der Waals surface area contributed by atoms with Crippen molar-refractivity contribution in [1.82, 2.24) is 34.5 Å². The first kappa shape index (κ1) is 20.9. The van der Waals surface area contributed by atoms with Crippen LogP contribution >= 0.6 is 0 Å². The molecule has 3 aromatic rings. The number of nitrogens with one attached hydrogen (secondary N) is 1. The lowest BCUT2D eigenvalue weighted by Gasteiger charge is -2.32. The summed E-state index contributed by atoms with van der Waals surface area (Å²) in [5, 5.41) is 3.09. The van der Waals surface area contributed by atoms with Crippen LogP contribution in [-0.4, -0.2) is 53.5 Å². The van der Waals surface area contributed by atoms with Gasteiger partial charge in [-0.15, -0.1) is 0 Å². The van der Waals surface area contributed by atoms with Crippen molar-refractivity contribution in [1.29, 1.82) is 0 Å². The van der Waals surface area contributed by atoms with E-state index in [4.69, 9.17) is 0 Å². The molecule has 31 heavy (non-hydrogen) atoms. The molecule has 0 bridgehead atoms. The predicted octanol–water partition coefficient (Wildman–Crippen LogP) is 2.53. The van der Waals surface area contributed by atoms with Gasteiger partial charge in [-0.1, -0.05) is 0 Å². The van der Waals surface area contributed by atoms with Gasteiger partial charge >= 0.3 is 0 Å². The summed E-state index contributed by atoms with van der Waals surface area (Å²) in [6, 6.07) is -0.413. The van der Waals surface area contributed by atoms with Gasteiger partial charge in [0.15, 0.2) is 5.82 Å². The fraction of sp³-hybridized carbons (Fsp3) is 0.474. The molecule has 0 radical (unpaired) electrons. The van der Waals surface area contributed by atoms with E-state index in [0.29, 0.717) is 24.0 Å². The smallest absolute Gasteiger partial charge is 0.251 e. The quantitative estimate of drug-likeness (QED) is 0.634. The zero-order chi connectivity index (χ0) is 22.0. The van der Waals surface area contributed by atoms with Crippen molar-refractivity contribution >= 4 is 11.9 Å². The standard InChI is InChI=1S/C19H22F3N9/c1-12(16-23-8-13(20)9-24-16)26-17-27-15(7-14-10-30(2)11-25-14)28-18(29-17)31-5-3-19(21,22)4-6-31/h8-12H,3-7H2,1-2H3,(H,26,27,28,29)/t12-/m0/s1. The molecule has 4 heterocycles. The Kier molecular flexibility index (Phi) is 5.70. The Labute approximate surface area is 176 Å². The van der Waals surface area contributed by atoms with Gasteiger partial charge in [-0.2, -0.15) is 15.0 Å².